The predicted octanol–water partition coefficient (Wildman–Crippen LogP) is 2.70. The van der Waals surface area contributed by atoms with Crippen molar-refractivity contribution in [2.75, 3.05) is 0 Å². The van der Waals surface area contributed by atoms with Crippen molar-refractivity contribution in [2.45, 2.75) is 13.8 Å². The summed E-state index contributed by atoms with van der Waals surface area (Å²) in [5, 5.41) is 10.4. The standard InChI is InChI=1S/C9H9FNO2/c1-6(2)8-5-7(11(12)13)3-4-9(8)10/h3-5H,1-2H3. The normalized spacial score (nSPS) is 10.5. The molecule has 0 aliphatic carbocycles. The Balaban J connectivity index is 3.19. The minimum Gasteiger partial charge on any atom is -0.258 e. The van der Waals surface area contributed by atoms with Gasteiger partial charge in [0.1, 0.15) is 5.82 Å². The Kier molecular flexibility index (Phi) is 2.60. The molecular weight excluding hydrogens is 173 g/mol. The molecule has 0 unspecified atom stereocenters. The molecule has 0 bridgehead atoms. The van der Waals surface area contributed by atoms with E-state index in [1.54, 1.807) is 13.8 Å². The molecule has 0 aliphatic rings. The van der Waals surface area contributed by atoms with Gasteiger partial charge < -0.3 is 0 Å². The Bertz CT molecular complexity index is 336. The van der Waals surface area contributed by atoms with Gasteiger partial charge in [-0.1, -0.05) is 13.8 Å². The third kappa shape index (κ3) is 2.02. The number of nitrogens with zero attached hydrogens (tertiary/aromatic N) is 1. The van der Waals surface area contributed by atoms with E-state index in [4.69, 9.17) is 0 Å². The van der Waals surface area contributed by atoms with Crippen LogP contribution in [0.3, 0.4) is 0 Å². The Labute approximate surface area is 75.3 Å². The molecule has 0 saturated heterocycles. The van der Waals surface area contributed by atoms with Crippen molar-refractivity contribution in [3.05, 3.63) is 45.6 Å². The number of non-ortho nitro benzene ring substituents is 1. The lowest BCUT2D eigenvalue weighted by Crippen LogP contribution is -1.96. The summed E-state index contributed by atoms with van der Waals surface area (Å²) in [6.07, 6.45) is 0. The zero-order valence-corrected chi connectivity index (χ0v) is 7.37. The SMILES string of the molecule is C[C](C)c1cc([N+](=O)[O-])ccc1F. The minimum absolute atomic E-state index is 0.0856. The molecular formula is C9H9FNO2. The molecule has 0 fully saturated rings. The average molecular weight is 182 g/mol. The van der Waals surface area contributed by atoms with Crippen LogP contribution in [0, 0.1) is 21.8 Å². The van der Waals surface area contributed by atoms with E-state index in [2.05, 4.69) is 0 Å². The highest BCUT2D eigenvalue weighted by atomic mass is 19.1. The number of hydrogen-bond acceptors (Lipinski definition) is 2. The zero-order chi connectivity index (χ0) is 10.0. The molecule has 0 aromatic heterocycles. The fourth-order valence-electron chi connectivity index (χ4n) is 1.01. The second-order valence-corrected chi connectivity index (χ2v) is 2.92. The van der Waals surface area contributed by atoms with Crippen LogP contribution in [0.4, 0.5) is 10.1 Å². The molecule has 0 heterocycles. The Morgan fingerprint density at radius 3 is 2.54 bits per heavy atom. The van der Waals surface area contributed by atoms with Gasteiger partial charge in [0.25, 0.3) is 5.69 Å². The summed E-state index contributed by atoms with van der Waals surface area (Å²) in [6.45, 7) is 3.42. The number of nitro groups is 1. The maximum atomic E-state index is 13.0. The van der Waals surface area contributed by atoms with Crippen LogP contribution >= 0.6 is 0 Å². The smallest absolute Gasteiger partial charge is 0.258 e. The van der Waals surface area contributed by atoms with Gasteiger partial charge in [-0.15, -0.1) is 0 Å². The average Bonchev–Trinajstić information content (AvgIpc) is 2.04. The van der Waals surface area contributed by atoms with Gasteiger partial charge in [-0.3, -0.25) is 10.1 Å². The van der Waals surface area contributed by atoms with Crippen LogP contribution in [0.15, 0.2) is 18.2 Å². The van der Waals surface area contributed by atoms with Gasteiger partial charge in [-0.05, 0) is 6.07 Å². The van der Waals surface area contributed by atoms with Gasteiger partial charge in [0, 0.05) is 23.6 Å². The van der Waals surface area contributed by atoms with Gasteiger partial charge >= 0.3 is 0 Å². The number of halogens is 1. The summed E-state index contributed by atoms with van der Waals surface area (Å²) < 4.78 is 13.0. The third-order valence-electron chi connectivity index (χ3n) is 1.70. The molecule has 1 aromatic carbocycles. The molecule has 1 radical (unpaired) electrons. The van der Waals surface area contributed by atoms with Crippen LogP contribution in [-0.2, 0) is 0 Å². The molecule has 0 spiro atoms. The lowest BCUT2D eigenvalue weighted by atomic mass is 10.0. The van der Waals surface area contributed by atoms with Crippen LogP contribution in [0.1, 0.15) is 19.4 Å². The fourth-order valence-corrected chi connectivity index (χ4v) is 1.01. The van der Waals surface area contributed by atoms with Crippen molar-refractivity contribution in [1.29, 1.82) is 0 Å². The topological polar surface area (TPSA) is 43.1 Å². The number of nitro benzene ring substituents is 1. The highest BCUT2D eigenvalue weighted by Crippen LogP contribution is 2.22. The monoisotopic (exact) mass is 182 g/mol. The van der Waals surface area contributed by atoms with E-state index in [1.165, 1.54) is 6.07 Å². The number of benzene rings is 1. The molecule has 0 amide bonds. The first-order valence-electron chi connectivity index (χ1n) is 3.77. The maximum Gasteiger partial charge on any atom is 0.269 e. The molecule has 0 N–H and O–H groups in total. The van der Waals surface area contributed by atoms with E-state index in [9.17, 15) is 14.5 Å². The van der Waals surface area contributed by atoms with Crippen molar-refractivity contribution in [3.63, 3.8) is 0 Å². The van der Waals surface area contributed by atoms with Crippen LogP contribution in [0.5, 0.6) is 0 Å². The third-order valence-corrected chi connectivity index (χ3v) is 1.70. The fraction of sp³-hybridized carbons (Fsp3) is 0.222. The molecule has 0 aliphatic heterocycles. The molecule has 1 aromatic rings. The molecule has 0 atom stereocenters. The summed E-state index contributed by atoms with van der Waals surface area (Å²) >= 11 is 0. The highest BCUT2D eigenvalue weighted by molar-refractivity contribution is 5.40. The van der Waals surface area contributed by atoms with E-state index in [0.29, 0.717) is 5.56 Å². The number of rotatable bonds is 2. The van der Waals surface area contributed by atoms with Crippen molar-refractivity contribution < 1.29 is 9.31 Å². The zero-order valence-electron chi connectivity index (χ0n) is 7.37. The molecule has 1 rings (SSSR count). The Hall–Kier alpha value is -1.45. The van der Waals surface area contributed by atoms with E-state index in [1.807, 2.05) is 0 Å². The summed E-state index contributed by atoms with van der Waals surface area (Å²) in [6, 6.07) is 3.51. The second-order valence-electron chi connectivity index (χ2n) is 2.92. The Morgan fingerprint density at radius 2 is 2.08 bits per heavy atom. The predicted molar refractivity (Wildman–Crippen MR) is 46.7 cm³/mol. The van der Waals surface area contributed by atoms with Crippen molar-refractivity contribution in [1.82, 2.24) is 0 Å². The van der Waals surface area contributed by atoms with E-state index >= 15 is 0 Å². The van der Waals surface area contributed by atoms with Crippen molar-refractivity contribution in [2.24, 2.45) is 0 Å². The minimum atomic E-state index is -0.536. The molecule has 3 nitrogen and oxygen atoms in total. The summed E-state index contributed by atoms with van der Waals surface area (Å²) in [5.41, 5.74) is 0.215. The second kappa shape index (κ2) is 3.51. The maximum absolute atomic E-state index is 13.0. The molecule has 0 saturated carbocycles. The van der Waals surface area contributed by atoms with Crippen molar-refractivity contribution >= 4 is 5.69 Å². The molecule has 13 heavy (non-hydrogen) atoms. The summed E-state index contributed by atoms with van der Waals surface area (Å²) in [7, 11) is 0. The van der Waals surface area contributed by atoms with E-state index in [-0.39, 0.29) is 5.69 Å². The largest absolute Gasteiger partial charge is 0.269 e. The van der Waals surface area contributed by atoms with Crippen molar-refractivity contribution in [3.8, 4) is 0 Å². The van der Waals surface area contributed by atoms with Gasteiger partial charge in [0.15, 0.2) is 0 Å². The van der Waals surface area contributed by atoms with Crippen LogP contribution < -0.4 is 0 Å². The van der Waals surface area contributed by atoms with Gasteiger partial charge in [-0.2, -0.15) is 0 Å². The van der Waals surface area contributed by atoms with Gasteiger partial charge in [0.05, 0.1) is 4.92 Å². The van der Waals surface area contributed by atoms with E-state index in [0.717, 1.165) is 18.1 Å². The Morgan fingerprint density at radius 1 is 1.46 bits per heavy atom. The van der Waals surface area contributed by atoms with Gasteiger partial charge in [-0.25, -0.2) is 4.39 Å². The summed E-state index contributed by atoms with van der Waals surface area (Å²) in [5.74, 6) is 0.298. The first-order valence-corrected chi connectivity index (χ1v) is 3.77. The highest BCUT2D eigenvalue weighted by Gasteiger charge is 2.12. The number of hydrogen-bond donors (Lipinski definition) is 0. The lowest BCUT2D eigenvalue weighted by molar-refractivity contribution is -0.385. The lowest BCUT2D eigenvalue weighted by Gasteiger charge is -2.04. The van der Waals surface area contributed by atoms with Gasteiger partial charge in [0.2, 0.25) is 0 Å². The first-order chi connectivity index (χ1) is 6.02. The molecule has 69 valence electrons. The van der Waals surface area contributed by atoms with E-state index < -0.39 is 10.7 Å². The van der Waals surface area contributed by atoms with Crippen LogP contribution in [0.2, 0.25) is 0 Å². The summed E-state index contributed by atoms with van der Waals surface area (Å²) in [4.78, 5) is 9.83. The van der Waals surface area contributed by atoms with Crippen LogP contribution in [-0.4, -0.2) is 4.92 Å². The molecule has 4 heteroatoms. The first kappa shape index (κ1) is 9.64. The quantitative estimate of drug-likeness (QED) is 0.521. The van der Waals surface area contributed by atoms with Crippen LogP contribution in [0.25, 0.3) is 0 Å².